The van der Waals surface area contributed by atoms with Crippen LogP contribution in [0.1, 0.15) is 13.8 Å². The van der Waals surface area contributed by atoms with Crippen LogP contribution in [0.25, 0.3) is 0 Å². The van der Waals surface area contributed by atoms with Gasteiger partial charge < -0.3 is 5.73 Å². The SMILES string of the molecule is CC(C)[C@H](N)CNS(=O)(=O)c1ccccc1. The Morgan fingerprint density at radius 2 is 1.81 bits per heavy atom. The Hall–Kier alpha value is -0.910. The fourth-order valence-corrected chi connectivity index (χ4v) is 2.22. The summed E-state index contributed by atoms with van der Waals surface area (Å²) >= 11 is 0. The number of sulfonamides is 1. The van der Waals surface area contributed by atoms with Gasteiger partial charge in [0.1, 0.15) is 0 Å². The van der Waals surface area contributed by atoms with E-state index in [9.17, 15) is 8.42 Å². The number of nitrogens with one attached hydrogen (secondary N) is 1. The Kier molecular flexibility index (Phi) is 4.46. The summed E-state index contributed by atoms with van der Waals surface area (Å²) in [4.78, 5) is 0.269. The molecular weight excluding hydrogens is 224 g/mol. The van der Waals surface area contributed by atoms with Gasteiger partial charge in [-0.1, -0.05) is 32.0 Å². The summed E-state index contributed by atoms with van der Waals surface area (Å²) in [6.07, 6.45) is 0. The van der Waals surface area contributed by atoms with Crippen LogP contribution in [0.2, 0.25) is 0 Å². The zero-order valence-electron chi connectivity index (χ0n) is 9.55. The quantitative estimate of drug-likeness (QED) is 0.807. The predicted molar refractivity (Wildman–Crippen MR) is 64.4 cm³/mol. The molecule has 90 valence electrons. The van der Waals surface area contributed by atoms with E-state index in [4.69, 9.17) is 5.73 Å². The molecular formula is C11H18N2O2S. The zero-order valence-corrected chi connectivity index (χ0v) is 10.4. The van der Waals surface area contributed by atoms with Crippen LogP contribution in [0.15, 0.2) is 35.2 Å². The van der Waals surface area contributed by atoms with Gasteiger partial charge in [0.2, 0.25) is 10.0 Å². The highest BCUT2D eigenvalue weighted by molar-refractivity contribution is 7.89. The first kappa shape index (κ1) is 13.2. The Labute approximate surface area is 96.9 Å². The number of nitrogens with two attached hydrogens (primary N) is 1. The van der Waals surface area contributed by atoms with Crippen molar-refractivity contribution >= 4 is 10.0 Å². The van der Waals surface area contributed by atoms with Gasteiger partial charge in [-0.15, -0.1) is 0 Å². The Balaban J connectivity index is 2.67. The normalized spacial score (nSPS) is 14.0. The molecule has 0 heterocycles. The molecule has 0 aliphatic carbocycles. The van der Waals surface area contributed by atoms with E-state index < -0.39 is 10.0 Å². The Morgan fingerprint density at radius 1 is 1.25 bits per heavy atom. The molecule has 0 bridgehead atoms. The molecule has 4 nitrogen and oxygen atoms in total. The summed E-state index contributed by atoms with van der Waals surface area (Å²) in [5.74, 6) is 0.249. The van der Waals surface area contributed by atoms with Gasteiger partial charge in [0.25, 0.3) is 0 Å². The molecule has 1 aromatic rings. The first-order valence-electron chi connectivity index (χ1n) is 5.24. The third-order valence-corrected chi connectivity index (χ3v) is 3.86. The van der Waals surface area contributed by atoms with Crippen LogP contribution in [-0.4, -0.2) is 21.0 Å². The largest absolute Gasteiger partial charge is 0.326 e. The first-order chi connectivity index (χ1) is 7.43. The van der Waals surface area contributed by atoms with Crippen LogP contribution < -0.4 is 10.5 Å². The third kappa shape index (κ3) is 3.59. The smallest absolute Gasteiger partial charge is 0.240 e. The molecule has 16 heavy (non-hydrogen) atoms. The second kappa shape index (κ2) is 5.43. The molecule has 5 heteroatoms. The molecule has 0 unspecified atom stereocenters. The minimum absolute atomic E-state index is 0.168. The van der Waals surface area contributed by atoms with E-state index in [0.29, 0.717) is 0 Å². The summed E-state index contributed by atoms with van der Waals surface area (Å²) in [5, 5.41) is 0. The lowest BCUT2D eigenvalue weighted by atomic mass is 10.1. The maximum Gasteiger partial charge on any atom is 0.240 e. The first-order valence-corrected chi connectivity index (χ1v) is 6.72. The van der Waals surface area contributed by atoms with Gasteiger partial charge in [-0.05, 0) is 18.1 Å². The highest BCUT2D eigenvalue weighted by Gasteiger charge is 2.15. The number of hydrogen-bond acceptors (Lipinski definition) is 3. The van der Waals surface area contributed by atoms with Gasteiger partial charge in [-0.3, -0.25) is 0 Å². The van der Waals surface area contributed by atoms with Crippen molar-refractivity contribution in [3.63, 3.8) is 0 Å². The summed E-state index contributed by atoms with van der Waals surface area (Å²) in [6, 6.07) is 8.11. The van der Waals surface area contributed by atoms with E-state index >= 15 is 0 Å². The predicted octanol–water partition coefficient (Wildman–Crippen LogP) is 0.948. The second-order valence-corrected chi connectivity index (χ2v) is 5.84. The molecule has 1 atom stereocenters. The summed E-state index contributed by atoms with van der Waals surface area (Å²) in [5.41, 5.74) is 5.77. The van der Waals surface area contributed by atoms with Crippen LogP contribution in [0.5, 0.6) is 0 Å². The standard InChI is InChI=1S/C11H18N2O2S/c1-9(2)11(12)8-13-16(14,15)10-6-4-3-5-7-10/h3-7,9,11,13H,8,12H2,1-2H3/t11-/m1/s1. The van der Waals surface area contributed by atoms with Crippen LogP contribution in [-0.2, 0) is 10.0 Å². The average molecular weight is 242 g/mol. The van der Waals surface area contributed by atoms with E-state index in [2.05, 4.69) is 4.72 Å². The minimum Gasteiger partial charge on any atom is -0.326 e. The second-order valence-electron chi connectivity index (χ2n) is 4.07. The molecule has 3 N–H and O–H groups in total. The molecule has 0 aliphatic rings. The van der Waals surface area contributed by atoms with Crippen molar-refractivity contribution in [2.75, 3.05) is 6.54 Å². The molecule has 0 aromatic heterocycles. The number of hydrogen-bond donors (Lipinski definition) is 2. The Bertz CT molecular complexity index is 415. The average Bonchev–Trinajstić information content (AvgIpc) is 2.27. The van der Waals surface area contributed by atoms with Gasteiger partial charge in [-0.2, -0.15) is 0 Å². The summed E-state index contributed by atoms with van der Waals surface area (Å²) in [6.45, 7) is 4.18. The van der Waals surface area contributed by atoms with Gasteiger partial charge in [0.05, 0.1) is 4.90 Å². The van der Waals surface area contributed by atoms with E-state index in [1.54, 1.807) is 30.3 Å². The van der Waals surface area contributed by atoms with Crippen LogP contribution in [0.4, 0.5) is 0 Å². The van der Waals surface area contributed by atoms with Crippen LogP contribution in [0, 0.1) is 5.92 Å². The molecule has 1 aromatic carbocycles. The fourth-order valence-electron chi connectivity index (χ4n) is 1.12. The molecule has 0 radical (unpaired) electrons. The van der Waals surface area contributed by atoms with Crippen molar-refractivity contribution in [2.45, 2.75) is 24.8 Å². The topological polar surface area (TPSA) is 72.2 Å². The lowest BCUT2D eigenvalue weighted by Crippen LogP contribution is -2.40. The Morgan fingerprint density at radius 3 is 2.31 bits per heavy atom. The molecule has 0 saturated carbocycles. The monoisotopic (exact) mass is 242 g/mol. The maximum absolute atomic E-state index is 11.8. The van der Waals surface area contributed by atoms with Gasteiger partial charge >= 0.3 is 0 Å². The zero-order chi connectivity index (χ0) is 12.2. The number of benzene rings is 1. The van der Waals surface area contributed by atoms with Crippen molar-refractivity contribution in [1.82, 2.24) is 4.72 Å². The van der Waals surface area contributed by atoms with E-state index in [0.717, 1.165) is 0 Å². The van der Waals surface area contributed by atoms with Crippen molar-refractivity contribution in [3.05, 3.63) is 30.3 Å². The molecule has 0 saturated heterocycles. The minimum atomic E-state index is -3.42. The van der Waals surface area contributed by atoms with E-state index in [-0.39, 0.29) is 23.4 Å². The highest BCUT2D eigenvalue weighted by atomic mass is 32.2. The van der Waals surface area contributed by atoms with Gasteiger partial charge in [0.15, 0.2) is 0 Å². The molecule has 0 aliphatic heterocycles. The van der Waals surface area contributed by atoms with Gasteiger partial charge in [0, 0.05) is 12.6 Å². The van der Waals surface area contributed by atoms with Crippen molar-refractivity contribution in [1.29, 1.82) is 0 Å². The molecule has 0 amide bonds. The van der Waals surface area contributed by atoms with E-state index in [1.807, 2.05) is 13.8 Å². The summed E-state index contributed by atoms with van der Waals surface area (Å²) < 4.78 is 26.1. The number of rotatable bonds is 5. The third-order valence-electron chi connectivity index (χ3n) is 2.42. The fraction of sp³-hybridized carbons (Fsp3) is 0.455. The lowest BCUT2D eigenvalue weighted by Gasteiger charge is -2.16. The molecule has 0 fully saturated rings. The van der Waals surface area contributed by atoms with Crippen molar-refractivity contribution in [2.24, 2.45) is 11.7 Å². The maximum atomic E-state index is 11.8. The van der Waals surface area contributed by atoms with Gasteiger partial charge in [-0.25, -0.2) is 13.1 Å². The molecule has 0 spiro atoms. The highest BCUT2D eigenvalue weighted by Crippen LogP contribution is 2.07. The van der Waals surface area contributed by atoms with E-state index in [1.165, 1.54) is 0 Å². The van der Waals surface area contributed by atoms with Crippen molar-refractivity contribution < 1.29 is 8.42 Å². The lowest BCUT2D eigenvalue weighted by molar-refractivity contribution is 0.481. The summed E-state index contributed by atoms with van der Waals surface area (Å²) in [7, 11) is -3.42. The van der Waals surface area contributed by atoms with Crippen LogP contribution >= 0.6 is 0 Å². The van der Waals surface area contributed by atoms with Crippen molar-refractivity contribution in [3.8, 4) is 0 Å². The van der Waals surface area contributed by atoms with Crippen LogP contribution in [0.3, 0.4) is 0 Å². The molecule has 1 rings (SSSR count).